The second-order valence-electron chi connectivity index (χ2n) is 4.09. The molecule has 2 N–H and O–H groups in total. The SMILES string of the molecule is COc1cc(N)ccc1-c1nc2cc(Cl)ccc2s1. The number of thiazole rings is 1. The second-order valence-corrected chi connectivity index (χ2v) is 5.56. The Balaban J connectivity index is 2.18. The molecule has 2 aromatic carbocycles. The Bertz CT molecular complexity index is 754. The third-order valence-corrected chi connectivity index (χ3v) is 4.11. The van der Waals surface area contributed by atoms with Crippen molar-refractivity contribution in [1.29, 1.82) is 0 Å². The first kappa shape index (κ1) is 12.3. The van der Waals surface area contributed by atoms with Gasteiger partial charge >= 0.3 is 0 Å². The summed E-state index contributed by atoms with van der Waals surface area (Å²) in [4.78, 5) is 4.60. The van der Waals surface area contributed by atoms with Gasteiger partial charge in [-0.05, 0) is 30.3 Å². The van der Waals surface area contributed by atoms with Gasteiger partial charge in [0.15, 0.2) is 0 Å². The molecule has 19 heavy (non-hydrogen) atoms. The summed E-state index contributed by atoms with van der Waals surface area (Å²) in [5.41, 5.74) is 8.27. The van der Waals surface area contributed by atoms with Crippen LogP contribution < -0.4 is 10.5 Å². The molecule has 3 aromatic rings. The van der Waals surface area contributed by atoms with Gasteiger partial charge in [-0.15, -0.1) is 11.3 Å². The van der Waals surface area contributed by atoms with E-state index in [9.17, 15) is 0 Å². The Morgan fingerprint density at radius 1 is 1.21 bits per heavy atom. The molecule has 0 saturated carbocycles. The number of nitrogen functional groups attached to an aromatic ring is 1. The predicted molar refractivity (Wildman–Crippen MR) is 81.0 cm³/mol. The molecule has 0 amide bonds. The number of aromatic nitrogens is 1. The van der Waals surface area contributed by atoms with E-state index in [2.05, 4.69) is 4.98 Å². The van der Waals surface area contributed by atoms with Gasteiger partial charge in [-0.2, -0.15) is 0 Å². The van der Waals surface area contributed by atoms with Crippen LogP contribution in [0.2, 0.25) is 5.02 Å². The first-order valence-corrected chi connectivity index (χ1v) is 6.87. The summed E-state index contributed by atoms with van der Waals surface area (Å²) >= 11 is 7.58. The minimum absolute atomic E-state index is 0.671. The van der Waals surface area contributed by atoms with Crippen molar-refractivity contribution in [2.45, 2.75) is 0 Å². The molecule has 0 atom stereocenters. The third kappa shape index (κ3) is 2.25. The molecule has 0 aliphatic rings. The van der Waals surface area contributed by atoms with Crippen molar-refractivity contribution in [3.8, 4) is 16.3 Å². The van der Waals surface area contributed by atoms with E-state index in [4.69, 9.17) is 22.1 Å². The van der Waals surface area contributed by atoms with Crippen molar-refractivity contribution in [3.63, 3.8) is 0 Å². The maximum absolute atomic E-state index is 5.98. The van der Waals surface area contributed by atoms with Gasteiger partial charge in [0.25, 0.3) is 0 Å². The van der Waals surface area contributed by atoms with E-state index in [1.165, 1.54) is 0 Å². The molecule has 0 radical (unpaired) electrons. The summed E-state index contributed by atoms with van der Waals surface area (Å²) in [6.07, 6.45) is 0. The van der Waals surface area contributed by atoms with E-state index >= 15 is 0 Å². The molecule has 0 spiro atoms. The lowest BCUT2D eigenvalue weighted by molar-refractivity contribution is 0.416. The predicted octanol–water partition coefficient (Wildman–Crippen LogP) is 4.21. The van der Waals surface area contributed by atoms with Crippen LogP contribution in [0.3, 0.4) is 0 Å². The molecule has 0 aliphatic heterocycles. The molecule has 0 bridgehead atoms. The number of halogens is 1. The molecule has 0 aliphatic carbocycles. The summed E-state index contributed by atoms with van der Waals surface area (Å²) in [6, 6.07) is 11.3. The Morgan fingerprint density at radius 3 is 2.84 bits per heavy atom. The molecule has 0 unspecified atom stereocenters. The van der Waals surface area contributed by atoms with E-state index in [1.807, 2.05) is 30.3 Å². The van der Waals surface area contributed by atoms with Crippen molar-refractivity contribution >= 4 is 38.8 Å². The van der Waals surface area contributed by atoms with Crippen molar-refractivity contribution < 1.29 is 4.74 Å². The van der Waals surface area contributed by atoms with E-state index < -0.39 is 0 Å². The Hall–Kier alpha value is -1.78. The van der Waals surface area contributed by atoms with Crippen LogP contribution in [0.5, 0.6) is 5.75 Å². The van der Waals surface area contributed by atoms with Gasteiger partial charge in [0, 0.05) is 16.8 Å². The molecule has 0 saturated heterocycles. The fourth-order valence-electron chi connectivity index (χ4n) is 1.90. The summed E-state index contributed by atoms with van der Waals surface area (Å²) in [6.45, 7) is 0. The number of nitrogens with zero attached hydrogens (tertiary/aromatic N) is 1. The lowest BCUT2D eigenvalue weighted by Crippen LogP contribution is -1.90. The molecule has 96 valence electrons. The number of benzene rings is 2. The van der Waals surface area contributed by atoms with Gasteiger partial charge in [-0.3, -0.25) is 0 Å². The van der Waals surface area contributed by atoms with Crippen LogP contribution in [0.4, 0.5) is 5.69 Å². The first-order valence-electron chi connectivity index (χ1n) is 5.67. The standard InChI is InChI=1S/C14H11ClN2OS/c1-18-12-7-9(16)3-4-10(12)14-17-11-6-8(15)2-5-13(11)19-14/h2-7H,16H2,1H3. The maximum atomic E-state index is 5.98. The fraction of sp³-hybridized carbons (Fsp3) is 0.0714. The smallest absolute Gasteiger partial charge is 0.131 e. The lowest BCUT2D eigenvalue weighted by atomic mass is 10.2. The van der Waals surface area contributed by atoms with E-state index in [1.54, 1.807) is 24.5 Å². The quantitative estimate of drug-likeness (QED) is 0.719. The Morgan fingerprint density at radius 2 is 2.05 bits per heavy atom. The van der Waals surface area contributed by atoms with Crippen LogP contribution in [-0.2, 0) is 0 Å². The third-order valence-electron chi connectivity index (χ3n) is 2.81. The molecule has 1 heterocycles. The van der Waals surface area contributed by atoms with Gasteiger partial charge < -0.3 is 10.5 Å². The largest absolute Gasteiger partial charge is 0.496 e. The minimum Gasteiger partial charge on any atom is -0.496 e. The summed E-state index contributed by atoms with van der Waals surface area (Å²) in [5.74, 6) is 0.727. The Kier molecular flexibility index (Phi) is 3.05. The summed E-state index contributed by atoms with van der Waals surface area (Å²) in [5, 5.41) is 1.59. The summed E-state index contributed by atoms with van der Waals surface area (Å²) < 4.78 is 6.46. The van der Waals surface area contributed by atoms with E-state index in [-0.39, 0.29) is 0 Å². The second kappa shape index (κ2) is 4.72. The van der Waals surface area contributed by atoms with Gasteiger partial charge in [0.05, 0.1) is 22.9 Å². The van der Waals surface area contributed by atoms with E-state index in [0.29, 0.717) is 10.7 Å². The lowest BCUT2D eigenvalue weighted by Gasteiger charge is -2.06. The van der Waals surface area contributed by atoms with Gasteiger partial charge in [0.1, 0.15) is 10.8 Å². The van der Waals surface area contributed by atoms with E-state index in [0.717, 1.165) is 26.5 Å². The number of methoxy groups -OCH3 is 1. The highest BCUT2D eigenvalue weighted by Gasteiger charge is 2.11. The van der Waals surface area contributed by atoms with Crippen LogP contribution in [0.25, 0.3) is 20.8 Å². The van der Waals surface area contributed by atoms with Gasteiger partial charge in [-0.1, -0.05) is 11.6 Å². The van der Waals surface area contributed by atoms with Crippen molar-refractivity contribution in [2.24, 2.45) is 0 Å². The molecule has 0 fully saturated rings. The molecule has 3 nitrogen and oxygen atoms in total. The monoisotopic (exact) mass is 290 g/mol. The van der Waals surface area contributed by atoms with Crippen LogP contribution in [-0.4, -0.2) is 12.1 Å². The molecule has 1 aromatic heterocycles. The topological polar surface area (TPSA) is 48.1 Å². The molecular formula is C14H11ClN2OS. The van der Waals surface area contributed by atoms with Crippen molar-refractivity contribution in [3.05, 3.63) is 41.4 Å². The number of rotatable bonds is 2. The number of fused-ring (bicyclic) bond motifs is 1. The number of anilines is 1. The molecule has 5 heteroatoms. The fourth-order valence-corrected chi connectivity index (χ4v) is 3.04. The highest BCUT2D eigenvalue weighted by atomic mass is 35.5. The Labute approximate surface area is 119 Å². The van der Waals surface area contributed by atoms with Crippen molar-refractivity contribution in [2.75, 3.05) is 12.8 Å². The van der Waals surface area contributed by atoms with Crippen LogP contribution in [0.15, 0.2) is 36.4 Å². The normalized spacial score (nSPS) is 10.8. The van der Waals surface area contributed by atoms with Crippen LogP contribution in [0, 0.1) is 0 Å². The first-order chi connectivity index (χ1) is 9.17. The highest BCUT2D eigenvalue weighted by Crippen LogP contribution is 2.37. The zero-order valence-corrected chi connectivity index (χ0v) is 11.8. The summed E-state index contributed by atoms with van der Waals surface area (Å²) in [7, 11) is 1.63. The zero-order valence-electron chi connectivity index (χ0n) is 10.2. The number of nitrogens with two attached hydrogens (primary N) is 1. The molecular weight excluding hydrogens is 280 g/mol. The van der Waals surface area contributed by atoms with Crippen molar-refractivity contribution in [1.82, 2.24) is 4.98 Å². The number of hydrogen-bond donors (Lipinski definition) is 1. The van der Waals surface area contributed by atoms with Crippen LogP contribution >= 0.6 is 22.9 Å². The average Bonchev–Trinajstić information content (AvgIpc) is 2.81. The minimum atomic E-state index is 0.671. The maximum Gasteiger partial charge on any atom is 0.131 e. The molecule has 3 rings (SSSR count). The van der Waals surface area contributed by atoms with Gasteiger partial charge in [0.2, 0.25) is 0 Å². The van der Waals surface area contributed by atoms with Gasteiger partial charge in [-0.25, -0.2) is 4.98 Å². The number of ether oxygens (including phenoxy) is 1. The average molecular weight is 291 g/mol. The zero-order chi connectivity index (χ0) is 13.4. The van der Waals surface area contributed by atoms with Crippen LogP contribution in [0.1, 0.15) is 0 Å². The number of hydrogen-bond acceptors (Lipinski definition) is 4. The highest BCUT2D eigenvalue weighted by molar-refractivity contribution is 7.21.